The van der Waals surface area contributed by atoms with Crippen molar-refractivity contribution in [1.82, 2.24) is 9.97 Å². The van der Waals surface area contributed by atoms with Crippen molar-refractivity contribution in [3.8, 4) is 16.9 Å². The van der Waals surface area contributed by atoms with Gasteiger partial charge in [-0.15, -0.1) is 0 Å². The highest BCUT2D eigenvalue weighted by molar-refractivity contribution is 5.66. The molecular formula is C17H13F2N3O. The molecule has 4 nitrogen and oxygen atoms in total. The Morgan fingerprint density at radius 3 is 2.65 bits per heavy atom. The minimum absolute atomic E-state index is 0.173. The van der Waals surface area contributed by atoms with Gasteiger partial charge in [-0.25, -0.2) is 13.8 Å². The molecule has 6 heteroatoms. The highest BCUT2D eigenvalue weighted by Crippen LogP contribution is 2.25. The molecule has 2 heterocycles. The largest absolute Gasteiger partial charge is 0.495 e. The third-order valence-corrected chi connectivity index (χ3v) is 3.25. The van der Waals surface area contributed by atoms with E-state index in [1.54, 1.807) is 37.7 Å². The maximum absolute atomic E-state index is 13.8. The molecule has 0 atom stereocenters. The highest BCUT2D eigenvalue weighted by atomic mass is 19.2. The summed E-state index contributed by atoms with van der Waals surface area (Å²) < 4.78 is 32.1. The standard InChI is InChI=1S/C17H13F2N3O/c1-23-13-7-12(9-20-10-13)22-16-6-5-11(8-21-16)14-3-2-4-15(18)17(14)19/h2-10H,1H3,(H,21,22). The summed E-state index contributed by atoms with van der Waals surface area (Å²) >= 11 is 0. The summed E-state index contributed by atoms with van der Waals surface area (Å²) in [6.45, 7) is 0. The predicted octanol–water partition coefficient (Wildman–Crippen LogP) is 4.17. The summed E-state index contributed by atoms with van der Waals surface area (Å²) in [4.78, 5) is 8.24. The van der Waals surface area contributed by atoms with Gasteiger partial charge in [-0.05, 0) is 18.2 Å². The molecule has 0 aliphatic rings. The Balaban J connectivity index is 1.83. The molecule has 1 aromatic carbocycles. The molecule has 0 unspecified atom stereocenters. The minimum atomic E-state index is -0.882. The van der Waals surface area contributed by atoms with E-state index in [1.165, 1.54) is 18.3 Å². The molecule has 0 radical (unpaired) electrons. The zero-order valence-electron chi connectivity index (χ0n) is 12.3. The quantitative estimate of drug-likeness (QED) is 0.785. The fourth-order valence-corrected chi connectivity index (χ4v) is 2.10. The van der Waals surface area contributed by atoms with Gasteiger partial charge >= 0.3 is 0 Å². The summed E-state index contributed by atoms with van der Waals surface area (Å²) in [6, 6.07) is 9.17. The SMILES string of the molecule is COc1cncc(Nc2ccc(-c3cccc(F)c3F)cn2)c1. The summed E-state index contributed by atoms with van der Waals surface area (Å²) in [5, 5.41) is 3.06. The van der Waals surface area contributed by atoms with Crippen LogP contribution in [0.25, 0.3) is 11.1 Å². The van der Waals surface area contributed by atoms with E-state index in [4.69, 9.17) is 4.74 Å². The molecule has 0 saturated heterocycles. The second-order valence-electron chi connectivity index (χ2n) is 4.77. The maximum Gasteiger partial charge on any atom is 0.166 e. The summed E-state index contributed by atoms with van der Waals surface area (Å²) in [6.07, 6.45) is 4.70. The van der Waals surface area contributed by atoms with Crippen LogP contribution in [-0.2, 0) is 0 Å². The fraction of sp³-hybridized carbons (Fsp3) is 0.0588. The number of rotatable bonds is 4. The van der Waals surface area contributed by atoms with Crippen molar-refractivity contribution in [1.29, 1.82) is 0 Å². The van der Waals surface area contributed by atoms with E-state index in [9.17, 15) is 8.78 Å². The fourth-order valence-electron chi connectivity index (χ4n) is 2.10. The predicted molar refractivity (Wildman–Crippen MR) is 83.7 cm³/mol. The lowest BCUT2D eigenvalue weighted by atomic mass is 10.1. The topological polar surface area (TPSA) is 47.0 Å². The van der Waals surface area contributed by atoms with Crippen LogP contribution in [0.3, 0.4) is 0 Å². The molecule has 23 heavy (non-hydrogen) atoms. The van der Waals surface area contributed by atoms with Crippen molar-refractivity contribution in [2.45, 2.75) is 0 Å². The van der Waals surface area contributed by atoms with E-state index in [1.807, 2.05) is 0 Å². The van der Waals surface area contributed by atoms with Crippen LogP contribution in [0.1, 0.15) is 0 Å². The average molecular weight is 313 g/mol. The van der Waals surface area contributed by atoms with E-state index in [-0.39, 0.29) is 5.56 Å². The van der Waals surface area contributed by atoms with Gasteiger partial charge in [0.1, 0.15) is 11.6 Å². The van der Waals surface area contributed by atoms with E-state index in [0.29, 0.717) is 22.8 Å². The first-order valence-electron chi connectivity index (χ1n) is 6.84. The molecule has 3 aromatic rings. The molecule has 0 saturated carbocycles. The molecule has 0 amide bonds. The number of hydrogen-bond donors (Lipinski definition) is 1. The third-order valence-electron chi connectivity index (χ3n) is 3.25. The van der Waals surface area contributed by atoms with Gasteiger partial charge in [0, 0.05) is 23.4 Å². The molecule has 3 rings (SSSR count). The lowest BCUT2D eigenvalue weighted by molar-refractivity contribution is 0.413. The van der Waals surface area contributed by atoms with Crippen LogP contribution in [-0.4, -0.2) is 17.1 Å². The second kappa shape index (κ2) is 6.39. The Morgan fingerprint density at radius 1 is 1.04 bits per heavy atom. The molecule has 0 spiro atoms. The van der Waals surface area contributed by atoms with Gasteiger partial charge in [-0.2, -0.15) is 0 Å². The summed E-state index contributed by atoms with van der Waals surface area (Å²) in [7, 11) is 1.56. The number of anilines is 2. The van der Waals surface area contributed by atoms with Crippen LogP contribution in [0.15, 0.2) is 55.0 Å². The van der Waals surface area contributed by atoms with Crippen molar-refractivity contribution in [3.63, 3.8) is 0 Å². The molecule has 0 bridgehead atoms. The lowest BCUT2D eigenvalue weighted by Crippen LogP contribution is -1.96. The zero-order chi connectivity index (χ0) is 16.2. The molecule has 116 valence electrons. The van der Waals surface area contributed by atoms with E-state index in [0.717, 1.165) is 6.07 Å². The van der Waals surface area contributed by atoms with Crippen molar-refractivity contribution >= 4 is 11.5 Å². The molecule has 0 aliphatic carbocycles. The average Bonchev–Trinajstić information content (AvgIpc) is 2.58. The van der Waals surface area contributed by atoms with Crippen molar-refractivity contribution in [2.75, 3.05) is 12.4 Å². The number of ether oxygens (including phenoxy) is 1. The molecule has 0 fully saturated rings. The zero-order valence-corrected chi connectivity index (χ0v) is 12.3. The Bertz CT molecular complexity index is 822. The second-order valence-corrected chi connectivity index (χ2v) is 4.77. The van der Waals surface area contributed by atoms with Crippen LogP contribution < -0.4 is 10.1 Å². The Hall–Kier alpha value is -3.02. The van der Waals surface area contributed by atoms with Crippen LogP contribution in [0.2, 0.25) is 0 Å². The number of hydrogen-bond acceptors (Lipinski definition) is 4. The Kier molecular flexibility index (Phi) is 4.14. The maximum atomic E-state index is 13.8. The normalized spacial score (nSPS) is 10.4. The van der Waals surface area contributed by atoms with Gasteiger partial charge < -0.3 is 10.1 Å². The van der Waals surface area contributed by atoms with Crippen molar-refractivity contribution in [3.05, 3.63) is 66.6 Å². The summed E-state index contributed by atoms with van der Waals surface area (Å²) in [5.74, 6) is -0.590. The highest BCUT2D eigenvalue weighted by Gasteiger charge is 2.10. The first kappa shape index (κ1) is 14.9. The number of nitrogens with zero attached hydrogens (tertiary/aromatic N) is 2. The molecular weight excluding hydrogens is 300 g/mol. The van der Waals surface area contributed by atoms with Crippen LogP contribution in [0, 0.1) is 11.6 Å². The van der Waals surface area contributed by atoms with Crippen molar-refractivity contribution in [2.24, 2.45) is 0 Å². The van der Waals surface area contributed by atoms with Gasteiger partial charge in [0.15, 0.2) is 11.6 Å². The first-order chi connectivity index (χ1) is 11.2. The smallest absolute Gasteiger partial charge is 0.166 e. The molecule has 1 N–H and O–H groups in total. The van der Waals surface area contributed by atoms with Gasteiger partial charge in [-0.1, -0.05) is 12.1 Å². The summed E-state index contributed by atoms with van der Waals surface area (Å²) in [5.41, 5.74) is 1.38. The number of methoxy groups -OCH3 is 1. The minimum Gasteiger partial charge on any atom is -0.495 e. The molecule has 2 aromatic heterocycles. The van der Waals surface area contributed by atoms with E-state index >= 15 is 0 Å². The Labute approximate surface area is 131 Å². The number of halogens is 2. The molecule has 0 aliphatic heterocycles. The number of nitrogens with one attached hydrogen (secondary N) is 1. The number of benzene rings is 1. The van der Waals surface area contributed by atoms with Crippen LogP contribution in [0.4, 0.5) is 20.3 Å². The first-order valence-corrected chi connectivity index (χ1v) is 6.84. The van der Waals surface area contributed by atoms with Crippen LogP contribution >= 0.6 is 0 Å². The van der Waals surface area contributed by atoms with E-state index in [2.05, 4.69) is 15.3 Å². The van der Waals surface area contributed by atoms with Gasteiger partial charge in [0.05, 0.1) is 25.2 Å². The lowest BCUT2D eigenvalue weighted by Gasteiger charge is -2.08. The van der Waals surface area contributed by atoms with Gasteiger partial charge in [-0.3, -0.25) is 4.98 Å². The van der Waals surface area contributed by atoms with Gasteiger partial charge in [0.25, 0.3) is 0 Å². The monoisotopic (exact) mass is 313 g/mol. The van der Waals surface area contributed by atoms with E-state index < -0.39 is 11.6 Å². The van der Waals surface area contributed by atoms with Crippen LogP contribution in [0.5, 0.6) is 5.75 Å². The van der Waals surface area contributed by atoms with Gasteiger partial charge in [0.2, 0.25) is 0 Å². The third kappa shape index (κ3) is 3.26. The number of aromatic nitrogens is 2. The number of pyridine rings is 2. The Morgan fingerprint density at radius 2 is 1.91 bits per heavy atom. The van der Waals surface area contributed by atoms with Crippen molar-refractivity contribution < 1.29 is 13.5 Å².